The van der Waals surface area contributed by atoms with Gasteiger partial charge in [0.2, 0.25) is 5.76 Å². The first-order valence-electron chi connectivity index (χ1n) is 12.1. The van der Waals surface area contributed by atoms with Gasteiger partial charge in [0, 0.05) is 24.1 Å². The van der Waals surface area contributed by atoms with Crippen molar-refractivity contribution in [1.29, 1.82) is 0 Å². The van der Waals surface area contributed by atoms with Gasteiger partial charge in [-0.15, -0.1) is 0 Å². The molecule has 1 atom stereocenters. The van der Waals surface area contributed by atoms with E-state index in [1.165, 1.54) is 0 Å². The highest BCUT2D eigenvalue weighted by atomic mass is 16.5. The molecule has 5 rings (SSSR count). The summed E-state index contributed by atoms with van der Waals surface area (Å²) in [6.45, 7) is 3.77. The number of nitrogens with one attached hydrogen (secondary N) is 1. The number of rotatable bonds is 9. The maximum atomic E-state index is 13.9. The first-order valence-corrected chi connectivity index (χ1v) is 12.1. The number of para-hydroxylation sites is 1. The van der Waals surface area contributed by atoms with Crippen LogP contribution in [0.5, 0.6) is 5.75 Å². The van der Waals surface area contributed by atoms with Gasteiger partial charge in [0.1, 0.15) is 22.8 Å². The van der Waals surface area contributed by atoms with Gasteiger partial charge >= 0.3 is 0 Å². The fraction of sp³-hybridized carbons (Fsp3) is 0.286. The number of benzene rings is 2. The molecule has 3 heterocycles. The van der Waals surface area contributed by atoms with Crippen LogP contribution in [-0.4, -0.2) is 42.6 Å². The summed E-state index contributed by atoms with van der Waals surface area (Å²) < 4.78 is 22.8. The number of amides is 2. The number of ether oxygens (including phenoxy) is 2. The van der Waals surface area contributed by atoms with E-state index in [1.807, 2.05) is 31.2 Å². The second kappa shape index (κ2) is 10.7. The first-order chi connectivity index (χ1) is 17.6. The molecule has 1 saturated heterocycles. The molecular weight excluding hydrogens is 460 g/mol. The Balaban J connectivity index is 1.46. The SMILES string of the molecule is CCOc1ccc(C(=O)Nc2c(C(=O)N(Cc3ccco3)CC3CCCO3)oc3ccccc23)cc1. The van der Waals surface area contributed by atoms with E-state index in [-0.39, 0.29) is 30.2 Å². The monoisotopic (exact) mass is 488 g/mol. The van der Waals surface area contributed by atoms with Crippen molar-refractivity contribution in [2.24, 2.45) is 0 Å². The second-order valence-electron chi connectivity index (χ2n) is 8.61. The van der Waals surface area contributed by atoms with E-state index in [0.717, 1.165) is 12.8 Å². The van der Waals surface area contributed by atoms with Gasteiger partial charge in [0.15, 0.2) is 0 Å². The van der Waals surface area contributed by atoms with Crippen LogP contribution in [0.25, 0.3) is 11.0 Å². The number of carbonyl (C=O) groups excluding carboxylic acids is 2. The molecule has 1 unspecified atom stereocenters. The van der Waals surface area contributed by atoms with Crippen molar-refractivity contribution < 1.29 is 27.9 Å². The number of hydrogen-bond acceptors (Lipinski definition) is 6. The quantitative estimate of drug-likeness (QED) is 0.334. The van der Waals surface area contributed by atoms with Gasteiger partial charge in [-0.2, -0.15) is 0 Å². The number of furan rings is 2. The smallest absolute Gasteiger partial charge is 0.292 e. The molecule has 0 radical (unpaired) electrons. The van der Waals surface area contributed by atoms with Crippen molar-refractivity contribution in [2.75, 3.05) is 25.1 Å². The summed E-state index contributed by atoms with van der Waals surface area (Å²) in [7, 11) is 0. The van der Waals surface area contributed by atoms with E-state index < -0.39 is 0 Å². The summed E-state index contributed by atoms with van der Waals surface area (Å²) in [5.41, 5.74) is 1.29. The van der Waals surface area contributed by atoms with Crippen molar-refractivity contribution in [3.63, 3.8) is 0 Å². The third-order valence-electron chi connectivity index (χ3n) is 6.12. The van der Waals surface area contributed by atoms with Crippen molar-refractivity contribution in [3.05, 3.63) is 84.0 Å². The van der Waals surface area contributed by atoms with Gasteiger partial charge in [-0.25, -0.2) is 0 Å². The van der Waals surface area contributed by atoms with E-state index in [1.54, 1.807) is 47.6 Å². The van der Waals surface area contributed by atoms with Crippen LogP contribution in [0.4, 0.5) is 5.69 Å². The molecular formula is C28H28N2O6. The molecule has 0 spiro atoms. The van der Waals surface area contributed by atoms with Crippen molar-refractivity contribution in [3.8, 4) is 5.75 Å². The Morgan fingerprint density at radius 3 is 2.64 bits per heavy atom. The third kappa shape index (κ3) is 5.13. The highest BCUT2D eigenvalue weighted by Gasteiger charge is 2.30. The van der Waals surface area contributed by atoms with Crippen LogP contribution in [0.3, 0.4) is 0 Å². The Hall–Kier alpha value is -4.04. The zero-order chi connectivity index (χ0) is 24.9. The van der Waals surface area contributed by atoms with Crippen LogP contribution in [0.1, 0.15) is 46.4 Å². The average molecular weight is 489 g/mol. The number of nitrogens with zero attached hydrogens (tertiary/aromatic N) is 1. The maximum Gasteiger partial charge on any atom is 0.292 e. The van der Waals surface area contributed by atoms with Crippen LogP contribution < -0.4 is 10.1 Å². The minimum absolute atomic E-state index is 0.0600. The molecule has 1 aliphatic rings. The van der Waals surface area contributed by atoms with Gasteiger partial charge in [0.05, 0.1) is 25.5 Å². The zero-order valence-corrected chi connectivity index (χ0v) is 20.1. The highest BCUT2D eigenvalue weighted by Crippen LogP contribution is 2.33. The normalized spacial score (nSPS) is 15.2. The Kier molecular flexibility index (Phi) is 7.04. The summed E-state index contributed by atoms with van der Waals surface area (Å²) in [6.07, 6.45) is 3.36. The maximum absolute atomic E-state index is 13.9. The van der Waals surface area contributed by atoms with E-state index in [0.29, 0.717) is 53.5 Å². The lowest BCUT2D eigenvalue weighted by atomic mass is 10.1. The molecule has 36 heavy (non-hydrogen) atoms. The Labute approximate surface area is 208 Å². The minimum atomic E-state index is -0.352. The van der Waals surface area contributed by atoms with Gasteiger partial charge in [-0.1, -0.05) is 12.1 Å². The van der Waals surface area contributed by atoms with Gasteiger partial charge < -0.3 is 28.5 Å². The Morgan fingerprint density at radius 1 is 1.08 bits per heavy atom. The molecule has 1 aliphatic heterocycles. The summed E-state index contributed by atoms with van der Waals surface area (Å²) in [6, 6.07) is 17.7. The van der Waals surface area contributed by atoms with Crippen LogP contribution in [0.15, 0.2) is 75.8 Å². The zero-order valence-electron chi connectivity index (χ0n) is 20.1. The molecule has 2 amide bonds. The summed E-state index contributed by atoms with van der Waals surface area (Å²) in [5.74, 6) is 0.703. The van der Waals surface area contributed by atoms with Crippen molar-refractivity contribution >= 4 is 28.5 Å². The molecule has 1 N–H and O–H groups in total. The fourth-order valence-electron chi connectivity index (χ4n) is 4.36. The lowest BCUT2D eigenvalue weighted by Crippen LogP contribution is -2.37. The molecule has 0 saturated carbocycles. The molecule has 186 valence electrons. The number of anilines is 1. The van der Waals surface area contributed by atoms with Gasteiger partial charge in [-0.05, 0) is 68.3 Å². The van der Waals surface area contributed by atoms with E-state index >= 15 is 0 Å². The third-order valence-corrected chi connectivity index (χ3v) is 6.12. The predicted molar refractivity (Wildman–Crippen MR) is 134 cm³/mol. The standard InChI is InChI=1S/C28H28N2O6/c1-2-33-20-13-11-19(12-14-20)27(31)29-25-23-9-3-4-10-24(23)36-26(25)28(32)30(17-21-7-5-15-34-21)18-22-8-6-16-35-22/h3-5,7,9-15,22H,2,6,8,16-18H2,1H3,(H,29,31). The largest absolute Gasteiger partial charge is 0.494 e. The Bertz CT molecular complexity index is 1320. The Morgan fingerprint density at radius 2 is 1.92 bits per heavy atom. The lowest BCUT2D eigenvalue weighted by Gasteiger charge is -2.24. The summed E-state index contributed by atoms with van der Waals surface area (Å²) >= 11 is 0. The molecule has 4 aromatic rings. The van der Waals surface area contributed by atoms with Crippen LogP contribution in [0, 0.1) is 0 Å². The van der Waals surface area contributed by atoms with Crippen molar-refractivity contribution in [2.45, 2.75) is 32.4 Å². The molecule has 8 nitrogen and oxygen atoms in total. The number of carbonyl (C=O) groups is 2. The van der Waals surface area contributed by atoms with Gasteiger partial charge in [-0.3, -0.25) is 9.59 Å². The summed E-state index contributed by atoms with van der Waals surface area (Å²) in [5, 5.41) is 3.56. The number of fused-ring (bicyclic) bond motifs is 1. The molecule has 0 bridgehead atoms. The van der Waals surface area contributed by atoms with E-state index in [2.05, 4.69) is 5.32 Å². The van der Waals surface area contributed by atoms with Gasteiger partial charge in [0.25, 0.3) is 11.8 Å². The van der Waals surface area contributed by atoms with Crippen LogP contribution >= 0.6 is 0 Å². The van der Waals surface area contributed by atoms with Crippen LogP contribution in [-0.2, 0) is 11.3 Å². The summed E-state index contributed by atoms with van der Waals surface area (Å²) in [4.78, 5) is 28.7. The van der Waals surface area contributed by atoms with Crippen molar-refractivity contribution in [1.82, 2.24) is 4.90 Å². The molecule has 8 heteroatoms. The van der Waals surface area contributed by atoms with Crippen LogP contribution in [0.2, 0.25) is 0 Å². The molecule has 0 aliphatic carbocycles. The molecule has 2 aromatic heterocycles. The average Bonchev–Trinajstić information content (AvgIpc) is 3.66. The molecule has 1 fully saturated rings. The fourth-order valence-corrected chi connectivity index (χ4v) is 4.36. The van der Waals surface area contributed by atoms with E-state index in [9.17, 15) is 9.59 Å². The predicted octanol–water partition coefficient (Wildman–Crippen LogP) is 5.50. The lowest BCUT2D eigenvalue weighted by molar-refractivity contribution is 0.0471. The second-order valence-corrected chi connectivity index (χ2v) is 8.61. The minimum Gasteiger partial charge on any atom is -0.494 e. The highest BCUT2D eigenvalue weighted by molar-refractivity contribution is 6.14. The molecule has 2 aromatic carbocycles. The number of hydrogen-bond donors (Lipinski definition) is 1. The topological polar surface area (TPSA) is 94.2 Å². The first kappa shape index (κ1) is 23.7. The van der Waals surface area contributed by atoms with E-state index in [4.69, 9.17) is 18.3 Å².